The van der Waals surface area contributed by atoms with Crippen LogP contribution >= 0.6 is 22.2 Å². The minimum absolute atomic E-state index is 0.377. The minimum atomic E-state index is -1.88. The van der Waals surface area contributed by atoms with Gasteiger partial charge >= 0.3 is 0 Å². The van der Waals surface area contributed by atoms with E-state index >= 15 is 0 Å². The smallest absolute Gasteiger partial charge is 0.150 e. The van der Waals surface area contributed by atoms with Crippen LogP contribution in [0.15, 0.2) is 0 Å². The summed E-state index contributed by atoms with van der Waals surface area (Å²) < 4.78 is 0. The van der Waals surface area contributed by atoms with Crippen molar-refractivity contribution in [2.75, 3.05) is 0 Å². The van der Waals surface area contributed by atoms with E-state index < -0.39 is 14.5 Å². The number of halogens is 2. The lowest BCUT2D eigenvalue weighted by molar-refractivity contribution is 0.367. The van der Waals surface area contributed by atoms with Crippen molar-refractivity contribution in [3.8, 4) is 0 Å². The standard InChI is InChI=1S/C12H25Cl2Si2/c1-11(2,3)7-10-8-15(16(10,13)14)9-12(4,5)6/h10H,7-9H2,1-6H3/t10-/m1/s1. The van der Waals surface area contributed by atoms with Gasteiger partial charge in [0.15, 0.2) is 0 Å². The molecule has 0 amide bonds. The highest BCUT2D eigenvalue weighted by Crippen LogP contribution is 2.55. The van der Waals surface area contributed by atoms with E-state index in [-0.39, 0.29) is 0 Å². The summed E-state index contributed by atoms with van der Waals surface area (Å²) >= 11 is 13.4. The highest BCUT2D eigenvalue weighted by atomic mass is 35.7. The van der Waals surface area contributed by atoms with E-state index in [1.807, 2.05) is 0 Å². The van der Waals surface area contributed by atoms with Gasteiger partial charge in [-0.25, -0.2) is 0 Å². The SMILES string of the molecule is CC(C)(C)C[C@@H]1C[Si](CC(C)(C)C)[Si]1(Cl)Cl. The Morgan fingerprint density at radius 3 is 1.88 bits per heavy atom. The zero-order valence-electron chi connectivity index (χ0n) is 11.5. The Kier molecular flexibility index (Phi) is 4.33. The number of hydrogen-bond acceptors (Lipinski definition) is 0. The Morgan fingerprint density at radius 2 is 1.56 bits per heavy atom. The van der Waals surface area contributed by atoms with Crippen molar-refractivity contribution in [3.05, 3.63) is 0 Å². The van der Waals surface area contributed by atoms with Gasteiger partial charge in [-0.1, -0.05) is 53.6 Å². The van der Waals surface area contributed by atoms with E-state index in [1.54, 1.807) is 0 Å². The summed E-state index contributed by atoms with van der Waals surface area (Å²) in [6.07, 6.45) is -0.670. The van der Waals surface area contributed by atoms with E-state index in [0.29, 0.717) is 16.4 Å². The lowest BCUT2D eigenvalue weighted by Gasteiger charge is -2.49. The second-order valence-corrected chi connectivity index (χ2v) is 22.2. The molecule has 0 aromatic heterocycles. The third kappa shape index (κ3) is 4.04. The Labute approximate surface area is 113 Å². The van der Waals surface area contributed by atoms with Gasteiger partial charge in [-0.05, 0) is 22.8 Å². The normalized spacial score (nSPS) is 26.6. The largest absolute Gasteiger partial charge is 0.239 e. The van der Waals surface area contributed by atoms with Crippen molar-refractivity contribution in [2.24, 2.45) is 10.8 Å². The Bertz CT molecular complexity index is 227. The van der Waals surface area contributed by atoms with E-state index in [1.165, 1.54) is 18.5 Å². The van der Waals surface area contributed by atoms with Crippen molar-refractivity contribution in [2.45, 2.75) is 65.6 Å². The average molecular weight is 296 g/mol. The predicted octanol–water partition coefficient (Wildman–Crippen LogP) is 5.35. The van der Waals surface area contributed by atoms with Crippen LogP contribution in [-0.4, -0.2) is 14.5 Å². The van der Waals surface area contributed by atoms with Crippen LogP contribution in [0.4, 0.5) is 0 Å². The van der Waals surface area contributed by atoms with Gasteiger partial charge in [-0.2, -0.15) is 0 Å². The van der Waals surface area contributed by atoms with Crippen molar-refractivity contribution in [1.29, 1.82) is 0 Å². The number of hydrogen-bond donors (Lipinski definition) is 0. The summed E-state index contributed by atoms with van der Waals surface area (Å²) in [5.41, 5.74) is 1.44. The molecule has 0 bridgehead atoms. The highest BCUT2D eigenvalue weighted by Gasteiger charge is 2.57. The summed E-state index contributed by atoms with van der Waals surface area (Å²) in [6, 6.07) is 2.65. The Hall–Kier alpha value is 1.01. The summed E-state index contributed by atoms with van der Waals surface area (Å²) in [4.78, 5) is 0. The maximum Gasteiger partial charge on any atom is 0.239 e. The lowest BCUT2D eigenvalue weighted by atomic mass is 9.91. The third-order valence-electron chi connectivity index (χ3n) is 3.08. The quantitative estimate of drug-likeness (QED) is 0.476. The van der Waals surface area contributed by atoms with Crippen molar-refractivity contribution in [3.63, 3.8) is 0 Å². The summed E-state index contributed by atoms with van der Waals surface area (Å²) in [7, 11) is -0.432. The lowest BCUT2D eigenvalue weighted by Crippen LogP contribution is -2.58. The second-order valence-electron chi connectivity index (χ2n) is 7.63. The predicted molar refractivity (Wildman–Crippen MR) is 80.1 cm³/mol. The van der Waals surface area contributed by atoms with Crippen LogP contribution in [0.2, 0.25) is 17.6 Å². The molecule has 1 atom stereocenters. The van der Waals surface area contributed by atoms with Gasteiger partial charge in [0.05, 0.1) is 8.31 Å². The van der Waals surface area contributed by atoms with Gasteiger partial charge in [0.2, 0.25) is 6.21 Å². The zero-order valence-corrected chi connectivity index (χ0v) is 15.0. The Morgan fingerprint density at radius 1 is 1.06 bits per heavy atom. The first-order chi connectivity index (χ1) is 6.92. The maximum absolute atomic E-state index is 6.70. The Balaban J connectivity index is 2.54. The highest BCUT2D eigenvalue weighted by molar-refractivity contribution is 7.73. The van der Waals surface area contributed by atoms with Crippen molar-refractivity contribution >= 4 is 36.7 Å². The fourth-order valence-corrected chi connectivity index (χ4v) is 17.4. The van der Waals surface area contributed by atoms with Crippen LogP contribution in [0.1, 0.15) is 48.0 Å². The van der Waals surface area contributed by atoms with Crippen LogP contribution in [0.25, 0.3) is 0 Å². The molecule has 0 saturated carbocycles. The van der Waals surface area contributed by atoms with Crippen LogP contribution in [0, 0.1) is 10.8 Å². The van der Waals surface area contributed by atoms with Crippen LogP contribution < -0.4 is 0 Å². The summed E-state index contributed by atoms with van der Waals surface area (Å²) in [6.45, 7) is 13.8. The first kappa shape index (κ1) is 15.1. The van der Waals surface area contributed by atoms with Crippen LogP contribution in [0.3, 0.4) is 0 Å². The topological polar surface area (TPSA) is 0 Å². The molecule has 1 saturated heterocycles. The van der Waals surface area contributed by atoms with Crippen LogP contribution in [0.5, 0.6) is 0 Å². The van der Waals surface area contributed by atoms with Gasteiger partial charge in [0.25, 0.3) is 0 Å². The fourth-order valence-electron chi connectivity index (χ4n) is 2.49. The molecule has 1 rings (SSSR count). The van der Waals surface area contributed by atoms with Crippen molar-refractivity contribution < 1.29 is 0 Å². The molecule has 0 spiro atoms. The number of rotatable bonds is 2. The molecule has 0 aromatic rings. The van der Waals surface area contributed by atoms with Gasteiger partial charge in [0.1, 0.15) is 0 Å². The molecule has 0 unspecified atom stereocenters. The van der Waals surface area contributed by atoms with Crippen LogP contribution in [-0.2, 0) is 0 Å². The molecule has 0 nitrogen and oxygen atoms in total. The van der Waals surface area contributed by atoms with Gasteiger partial charge in [-0.3, -0.25) is 0 Å². The molecule has 1 aliphatic heterocycles. The first-order valence-corrected chi connectivity index (χ1v) is 13.2. The molecule has 16 heavy (non-hydrogen) atoms. The summed E-state index contributed by atoms with van der Waals surface area (Å²) in [5.74, 6) is 0. The van der Waals surface area contributed by atoms with E-state index in [0.717, 1.165) is 0 Å². The third-order valence-corrected chi connectivity index (χ3v) is 20.2. The molecule has 1 heterocycles. The molecule has 1 radical (unpaired) electrons. The van der Waals surface area contributed by atoms with E-state index in [9.17, 15) is 0 Å². The average Bonchev–Trinajstić information content (AvgIpc) is 1.98. The summed E-state index contributed by atoms with van der Waals surface area (Å²) in [5, 5.41) is 0. The molecular weight excluding hydrogens is 271 g/mol. The molecule has 1 aliphatic rings. The molecule has 0 aromatic carbocycles. The maximum atomic E-state index is 6.70. The monoisotopic (exact) mass is 295 g/mol. The molecule has 95 valence electrons. The zero-order chi connectivity index (χ0) is 12.8. The van der Waals surface area contributed by atoms with Gasteiger partial charge < -0.3 is 0 Å². The first-order valence-electron chi connectivity index (χ1n) is 6.15. The fraction of sp³-hybridized carbons (Fsp3) is 1.00. The van der Waals surface area contributed by atoms with Crippen molar-refractivity contribution in [1.82, 2.24) is 0 Å². The van der Waals surface area contributed by atoms with Gasteiger partial charge in [0, 0.05) is 0 Å². The molecule has 0 aliphatic carbocycles. The van der Waals surface area contributed by atoms with Gasteiger partial charge in [-0.15, -0.1) is 22.2 Å². The molecule has 0 N–H and O–H groups in total. The van der Waals surface area contributed by atoms with E-state index in [2.05, 4.69) is 41.5 Å². The van der Waals surface area contributed by atoms with E-state index in [4.69, 9.17) is 22.2 Å². The molecular formula is C12H25Cl2Si2. The molecule has 4 heteroatoms. The minimum Gasteiger partial charge on any atom is -0.150 e. The molecule has 1 fully saturated rings. The second kappa shape index (κ2) is 4.60.